The highest BCUT2D eigenvalue weighted by molar-refractivity contribution is 6.01. The molecular formula is C35H37F2N7O3. The number of nitrogens with one attached hydrogen (secondary N) is 2. The van der Waals surface area contributed by atoms with Gasteiger partial charge >= 0.3 is 6.01 Å². The number of rotatable bonds is 10. The molecule has 5 aromatic rings. The molecule has 0 bridgehead atoms. The van der Waals surface area contributed by atoms with Crippen LogP contribution in [0.3, 0.4) is 0 Å². The van der Waals surface area contributed by atoms with Crippen molar-refractivity contribution in [1.29, 1.82) is 0 Å². The van der Waals surface area contributed by atoms with Crippen LogP contribution < -0.4 is 21.3 Å². The third kappa shape index (κ3) is 5.82. The Balaban J connectivity index is 1.36. The normalized spacial score (nSPS) is 16.5. The number of H-pyrrole nitrogens is 1. The maximum Gasteiger partial charge on any atom is 0.319 e. The quantitative estimate of drug-likeness (QED) is 0.143. The van der Waals surface area contributed by atoms with Crippen molar-refractivity contribution in [2.75, 3.05) is 37.3 Å². The summed E-state index contributed by atoms with van der Waals surface area (Å²) < 4.78 is 38.0. The van der Waals surface area contributed by atoms with Crippen molar-refractivity contribution in [1.82, 2.24) is 24.8 Å². The number of hydrogen-bond acceptors (Lipinski definition) is 9. The summed E-state index contributed by atoms with van der Waals surface area (Å²) in [5, 5.41) is 14.6. The van der Waals surface area contributed by atoms with Crippen molar-refractivity contribution in [3.63, 3.8) is 0 Å². The summed E-state index contributed by atoms with van der Waals surface area (Å²) in [6.45, 7) is 7.03. The Kier molecular flexibility index (Phi) is 7.91. The Hall–Kier alpha value is -4.84. The first-order valence-corrected chi connectivity index (χ1v) is 16.1. The number of fused-ring (bicyclic) bond motifs is 2. The molecule has 1 aliphatic carbocycles. The van der Waals surface area contributed by atoms with Gasteiger partial charge in [0.1, 0.15) is 34.1 Å². The van der Waals surface area contributed by atoms with Gasteiger partial charge in [0.15, 0.2) is 5.82 Å². The fourth-order valence-electron chi connectivity index (χ4n) is 6.80. The van der Waals surface area contributed by atoms with Gasteiger partial charge in [0, 0.05) is 29.3 Å². The van der Waals surface area contributed by atoms with E-state index in [0.717, 1.165) is 32.5 Å². The van der Waals surface area contributed by atoms with Gasteiger partial charge in [-0.05, 0) is 92.7 Å². The smallest absolute Gasteiger partial charge is 0.319 e. The zero-order valence-corrected chi connectivity index (χ0v) is 26.4. The van der Waals surface area contributed by atoms with E-state index >= 15 is 4.39 Å². The molecule has 0 amide bonds. The van der Waals surface area contributed by atoms with Gasteiger partial charge in [-0.15, -0.1) is 0 Å². The van der Waals surface area contributed by atoms with E-state index in [9.17, 15) is 14.3 Å². The number of nitrogens with zero attached hydrogens (tertiary/aromatic N) is 4. The summed E-state index contributed by atoms with van der Waals surface area (Å²) in [6, 6.07) is 8.64. The molecular weight excluding hydrogens is 604 g/mol. The zero-order chi connectivity index (χ0) is 32.9. The summed E-state index contributed by atoms with van der Waals surface area (Å²) in [7, 11) is 0. The van der Waals surface area contributed by atoms with Gasteiger partial charge in [-0.2, -0.15) is 9.97 Å². The number of halogens is 2. The van der Waals surface area contributed by atoms with Gasteiger partial charge in [0.25, 0.3) is 5.56 Å². The first-order valence-electron chi connectivity index (χ1n) is 16.1. The summed E-state index contributed by atoms with van der Waals surface area (Å²) in [5.74, 6) is -1.12. The average Bonchev–Trinajstić information content (AvgIpc) is 3.62. The molecule has 2 aromatic carbocycles. The Bertz CT molecular complexity index is 2060. The molecule has 0 spiro atoms. The van der Waals surface area contributed by atoms with Crippen molar-refractivity contribution in [3.05, 3.63) is 75.7 Å². The summed E-state index contributed by atoms with van der Waals surface area (Å²) in [6.07, 6.45) is 6.29. The number of phenols is 1. The van der Waals surface area contributed by atoms with E-state index in [1.54, 1.807) is 25.3 Å². The lowest BCUT2D eigenvalue weighted by atomic mass is 9.94. The number of phenolic OH excluding ortho intramolecular Hbond substituents is 1. The van der Waals surface area contributed by atoms with Gasteiger partial charge in [-0.3, -0.25) is 4.79 Å². The highest BCUT2D eigenvalue weighted by Gasteiger charge is 2.45. The number of nitrogen functional groups attached to an aromatic ring is 1. The number of hydrogen-bond donors (Lipinski definition) is 4. The zero-order valence-electron chi connectivity index (χ0n) is 26.4. The SMILES string of the molecule is CCc1c(F)ccc2cc(O)cc(-c3[nH]c(=O)c4c(NC(C)c5cccnc5N)nc(OCC5(CN6CCCC6)CC5)nc4c3F)c12. The third-order valence-electron chi connectivity index (χ3n) is 9.47. The number of anilines is 2. The standard InChI is InChI=1S/C35H37F2N7O3/c1-3-22-25(36)9-8-20-15-21(45)16-24(26(20)22)29-28(37)30-27(33(46)41-29)32(40-19(2)23-7-6-12-39-31(23)38)43-34(42-30)47-18-35(10-11-35)17-44-13-4-5-14-44/h6-9,12,15-16,19,45H,3-5,10-11,13-14,17-18H2,1-2H3,(H2,38,39)(H,41,46)(H,40,42,43). The molecule has 1 atom stereocenters. The van der Waals surface area contributed by atoms with Crippen LogP contribution in [-0.2, 0) is 6.42 Å². The van der Waals surface area contributed by atoms with Crippen LogP contribution in [0.4, 0.5) is 20.4 Å². The van der Waals surface area contributed by atoms with Crippen LogP contribution in [0.25, 0.3) is 32.9 Å². The minimum atomic E-state index is -0.861. The molecule has 12 heteroatoms. The molecule has 5 N–H and O–H groups in total. The summed E-state index contributed by atoms with van der Waals surface area (Å²) in [4.78, 5) is 32.1. The average molecular weight is 642 g/mol. The van der Waals surface area contributed by atoms with Crippen molar-refractivity contribution in [3.8, 4) is 23.0 Å². The molecule has 1 unspecified atom stereocenters. The van der Waals surface area contributed by atoms with Crippen LogP contribution >= 0.6 is 0 Å². The number of aromatic nitrogens is 4. The van der Waals surface area contributed by atoms with E-state index in [1.807, 2.05) is 6.92 Å². The van der Waals surface area contributed by atoms with Crippen LogP contribution in [0.1, 0.15) is 56.7 Å². The van der Waals surface area contributed by atoms with E-state index in [-0.39, 0.29) is 45.2 Å². The van der Waals surface area contributed by atoms with Crippen LogP contribution in [-0.4, -0.2) is 56.2 Å². The Morgan fingerprint density at radius 2 is 1.94 bits per heavy atom. The number of nitrogens with two attached hydrogens (primary N) is 1. The second kappa shape index (κ2) is 12.1. The molecule has 0 radical (unpaired) electrons. The molecule has 244 valence electrons. The van der Waals surface area contributed by atoms with E-state index in [0.29, 0.717) is 40.7 Å². The Morgan fingerprint density at radius 3 is 2.66 bits per heavy atom. The van der Waals surface area contributed by atoms with Crippen LogP contribution in [0, 0.1) is 17.0 Å². The molecule has 47 heavy (non-hydrogen) atoms. The number of benzene rings is 2. The third-order valence-corrected chi connectivity index (χ3v) is 9.47. The van der Waals surface area contributed by atoms with E-state index < -0.39 is 23.2 Å². The van der Waals surface area contributed by atoms with Crippen LogP contribution in [0.2, 0.25) is 0 Å². The van der Waals surface area contributed by atoms with Gasteiger partial charge < -0.3 is 30.8 Å². The van der Waals surface area contributed by atoms with Crippen molar-refractivity contribution in [2.24, 2.45) is 5.41 Å². The van der Waals surface area contributed by atoms with E-state index in [1.165, 1.54) is 37.1 Å². The molecule has 1 saturated carbocycles. The predicted octanol–water partition coefficient (Wildman–Crippen LogP) is 6.09. The van der Waals surface area contributed by atoms with Crippen LogP contribution in [0.15, 0.2) is 47.4 Å². The topological polar surface area (TPSA) is 142 Å². The molecule has 10 nitrogen and oxygen atoms in total. The first-order chi connectivity index (χ1) is 22.7. The summed E-state index contributed by atoms with van der Waals surface area (Å²) in [5.41, 5.74) is 6.09. The molecule has 2 aliphatic rings. The van der Waals surface area contributed by atoms with Crippen molar-refractivity contribution < 1.29 is 18.6 Å². The van der Waals surface area contributed by atoms with Gasteiger partial charge in [0.05, 0.1) is 18.3 Å². The number of aryl methyl sites for hydroxylation is 1. The molecule has 1 aliphatic heterocycles. The maximum atomic E-state index is 16.8. The number of pyridine rings is 2. The monoisotopic (exact) mass is 641 g/mol. The lowest BCUT2D eigenvalue weighted by Crippen LogP contribution is -2.31. The molecule has 4 heterocycles. The second-order valence-corrected chi connectivity index (χ2v) is 12.8. The molecule has 1 saturated heterocycles. The number of ether oxygens (including phenoxy) is 1. The van der Waals surface area contributed by atoms with Gasteiger partial charge in [-0.1, -0.05) is 19.1 Å². The largest absolute Gasteiger partial charge is 0.508 e. The van der Waals surface area contributed by atoms with Crippen molar-refractivity contribution >= 4 is 33.3 Å². The lowest BCUT2D eigenvalue weighted by molar-refractivity contribution is 0.170. The number of aromatic hydroxyl groups is 1. The minimum absolute atomic E-state index is 0.0212. The molecule has 3 aromatic heterocycles. The molecule has 7 rings (SSSR count). The first kappa shape index (κ1) is 30.8. The highest BCUT2D eigenvalue weighted by atomic mass is 19.1. The lowest BCUT2D eigenvalue weighted by Gasteiger charge is -2.23. The fraction of sp³-hybridized carbons (Fsp3) is 0.371. The number of aromatic amines is 1. The van der Waals surface area contributed by atoms with Gasteiger partial charge in [-0.25, -0.2) is 13.8 Å². The van der Waals surface area contributed by atoms with E-state index in [2.05, 4.69) is 30.2 Å². The fourth-order valence-corrected chi connectivity index (χ4v) is 6.80. The Morgan fingerprint density at radius 1 is 1.15 bits per heavy atom. The van der Waals surface area contributed by atoms with E-state index in [4.69, 9.17) is 10.5 Å². The molecule has 2 fully saturated rings. The second-order valence-electron chi connectivity index (χ2n) is 12.8. The number of likely N-dealkylation sites (tertiary alicyclic amines) is 1. The Labute approximate surface area is 270 Å². The maximum absolute atomic E-state index is 16.8. The van der Waals surface area contributed by atoms with Gasteiger partial charge in [0.2, 0.25) is 0 Å². The predicted molar refractivity (Wildman–Crippen MR) is 178 cm³/mol. The van der Waals surface area contributed by atoms with Crippen LogP contribution in [0.5, 0.6) is 11.8 Å². The highest BCUT2D eigenvalue weighted by Crippen LogP contribution is 2.47. The minimum Gasteiger partial charge on any atom is -0.508 e. The summed E-state index contributed by atoms with van der Waals surface area (Å²) >= 11 is 0. The van der Waals surface area contributed by atoms with Crippen molar-refractivity contribution in [2.45, 2.75) is 52.0 Å².